The van der Waals surface area contributed by atoms with Crippen LogP contribution in [0.2, 0.25) is 0 Å². The van der Waals surface area contributed by atoms with Crippen molar-refractivity contribution < 1.29 is 23.0 Å². The molecule has 24 heavy (non-hydrogen) atoms. The van der Waals surface area contributed by atoms with Crippen molar-refractivity contribution in [2.45, 2.75) is 13.0 Å². The molecule has 2 aromatic rings. The second-order valence-electron chi connectivity index (χ2n) is 4.68. The minimum absolute atomic E-state index is 0.0414. The third kappa shape index (κ3) is 4.85. The molecule has 0 spiro atoms. The molecule has 0 radical (unpaired) electrons. The highest BCUT2D eigenvalue weighted by Crippen LogP contribution is 2.25. The Morgan fingerprint density at radius 2 is 2.17 bits per heavy atom. The molecule has 0 saturated heterocycles. The summed E-state index contributed by atoms with van der Waals surface area (Å²) in [4.78, 5) is 7.76. The minimum atomic E-state index is -2.91. The van der Waals surface area contributed by atoms with Gasteiger partial charge in [-0.25, -0.2) is 18.2 Å². The standard InChI is InChI=1S/C15H15F3N4O2/c16-13-2-1-10(5-12(13)14(17)18)21-6-9(19)8-24-15-20-4-3-11(7-23)22-15/h1-6,14,21,23H,7-8,19H2/b9-6-. The minimum Gasteiger partial charge on any atom is -0.457 e. The van der Waals surface area contributed by atoms with Crippen LogP contribution in [0.5, 0.6) is 6.01 Å². The summed E-state index contributed by atoms with van der Waals surface area (Å²) < 4.78 is 43.7. The highest BCUT2D eigenvalue weighted by molar-refractivity contribution is 5.49. The van der Waals surface area contributed by atoms with Gasteiger partial charge in [0.15, 0.2) is 0 Å². The number of benzene rings is 1. The molecule has 0 amide bonds. The van der Waals surface area contributed by atoms with Crippen molar-refractivity contribution in [2.75, 3.05) is 11.9 Å². The monoisotopic (exact) mass is 340 g/mol. The Hall–Kier alpha value is -2.81. The van der Waals surface area contributed by atoms with Crippen molar-refractivity contribution in [3.8, 4) is 6.01 Å². The highest BCUT2D eigenvalue weighted by Gasteiger charge is 2.13. The van der Waals surface area contributed by atoms with E-state index < -0.39 is 17.8 Å². The van der Waals surface area contributed by atoms with Gasteiger partial charge in [-0.2, -0.15) is 4.98 Å². The fourth-order valence-electron chi connectivity index (χ4n) is 1.70. The van der Waals surface area contributed by atoms with Crippen LogP contribution in [0.3, 0.4) is 0 Å². The molecule has 6 nitrogen and oxygen atoms in total. The molecule has 0 bridgehead atoms. The molecular weight excluding hydrogens is 325 g/mol. The van der Waals surface area contributed by atoms with Gasteiger partial charge in [-0.15, -0.1) is 0 Å². The number of rotatable bonds is 7. The quantitative estimate of drug-likeness (QED) is 0.716. The Kier molecular flexibility index (Phi) is 5.96. The summed E-state index contributed by atoms with van der Waals surface area (Å²) in [5.41, 5.74) is 5.90. The van der Waals surface area contributed by atoms with E-state index in [0.717, 1.165) is 12.1 Å². The van der Waals surface area contributed by atoms with E-state index in [0.29, 0.717) is 5.69 Å². The predicted molar refractivity (Wildman–Crippen MR) is 80.7 cm³/mol. The first-order chi connectivity index (χ1) is 11.5. The number of ether oxygens (including phenoxy) is 1. The SMILES string of the molecule is N/C(=C\Nc1ccc(F)c(C(F)F)c1)COc1nccc(CO)n1. The number of hydrogen-bond acceptors (Lipinski definition) is 6. The third-order valence-corrected chi connectivity index (χ3v) is 2.88. The number of nitrogens with one attached hydrogen (secondary N) is 1. The highest BCUT2D eigenvalue weighted by atomic mass is 19.3. The maximum atomic E-state index is 13.2. The summed E-state index contributed by atoms with van der Waals surface area (Å²) in [5, 5.41) is 11.6. The van der Waals surface area contributed by atoms with Gasteiger partial charge in [0, 0.05) is 18.1 Å². The molecule has 1 heterocycles. The van der Waals surface area contributed by atoms with E-state index in [1.807, 2.05) is 0 Å². The number of nitrogens with two attached hydrogens (primary N) is 1. The summed E-state index contributed by atoms with van der Waals surface area (Å²) in [6.07, 6.45) is -0.151. The van der Waals surface area contributed by atoms with Gasteiger partial charge in [-0.05, 0) is 24.3 Å². The number of alkyl halides is 2. The van der Waals surface area contributed by atoms with E-state index in [2.05, 4.69) is 15.3 Å². The van der Waals surface area contributed by atoms with E-state index in [4.69, 9.17) is 15.6 Å². The Balaban J connectivity index is 1.95. The molecule has 0 unspecified atom stereocenters. The normalized spacial score (nSPS) is 11.6. The van der Waals surface area contributed by atoms with Gasteiger partial charge >= 0.3 is 6.01 Å². The molecule has 0 aliphatic carbocycles. The van der Waals surface area contributed by atoms with Crippen LogP contribution in [-0.4, -0.2) is 21.7 Å². The molecular formula is C15H15F3N4O2. The topological polar surface area (TPSA) is 93.3 Å². The molecule has 0 saturated carbocycles. The van der Waals surface area contributed by atoms with Crippen LogP contribution in [0.1, 0.15) is 17.7 Å². The second kappa shape index (κ2) is 8.16. The van der Waals surface area contributed by atoms with Crippen molar-refractivity contribution in [1.82, 2.24) is 9.97 Å². The fourth-order valence-corrected chi connectivity index (χ4v) is 1.70. The number of aliphatic hydroxyl groups is 1. The lowest BCUT2D eigenvalue weighted by Gasteiger charge is -2.08. The van der Waals surface area contributed by atoms with E-state index in [-0.39, 0.29) is 30.6 Å². The Bertz CT molecular complexity index is 726. The summed E-state index contributed by atoms with van der Waals surface area (Å²) in [5.74, 6) is -0.975. The summed E-state index contributed by atoms with van der Waals surface area (Å²) in [6.45, 7) is -0.312. The second-order valence-corrected chi connectivity index (χ2v) is 4.68. The molecule has 128 valence electrons. The third-order valence-electron chi connectivity index (χ3n) is 2.88. The van der Waals surface area contributed by atoms with Crippen LogP contribution in [0, 0.1) is 5.82 Å². The fraction of sp³-hybridized carbons (Fsp3) is 0.200. The maximum absolute atomic E-state index is 13.2. The summed E-state index contributed by atoms with van der Waals surface area (Å²) >= 11 is 0. The van der Waals surface area contributed by atoms with Crippen LogP contribution < -0.4 is 15.8 Å². The number of aliphatic hydroxyl groups excluding tert-OH is 1. The van der Waals surface area contributed by atoms with Gasteiger partial charge < -0.3 is 20.9 Å². The molecule has 1 aromatic heterocycles. The van der Waals surface area contributed by atoms with E-state index in [1.54, 1.807) is 0 Å². The Labute approximate surface area is 135 Å². The molecule has 0 fully saturated rings. The maximum Gasteiger partial charge on any atom is 0.317 e. The van der Waals surface area contributed by atoms with Crippen LogP contribution in [-0.2, 0) is 6.61 Å². The Morgan fingerprint density at radius 3 is 2.88 bits per heavy atom. The van der Waals surface area contributed by atoms with Crippen molar-refractivity contribution in [2.24, 2.45) is 5.73 Å². The zero-order valence-corrected chi connectivity index (χ0v) is 12.4. The van der Waals surface area contributed by atoms with Crippen LogP contribution >= 0.6 is 0 Å². The number of aromatic nitrogens is 2. The largest absolute Gasteiger partial charge is 0.457 e. The number of anilines is 1. The lowest BCUT2D eigenvalue weighted by Crippen LogP contribution is -2.12. The van der Waals surface area contributed by atoms with E-state index in [9.17, 15) is 13.2 Å². The van der Waals surface area contributed by atoms with Crippen molar-refractivity contribution >= 4 is 5.69 Å². The lowest BCUT2D eigenvalue weighted by atomic mass is 10.2. The van der Waals surface area contributed by atoms with Gasteiger partial charge in [0.2, 0.25) is 0 Å². The van der Waals surface area contributed by atoms with Gasteiger partial charge in [0.05, 0.1) is 23.6 Å². The summed E-state index contributed by atoms with van der Waals surface area (Å²) in [7, 11) is 0. The average Bonchev–Trinajstić information content (AvgIpc) is 2.59. The van der Waals surface area contributed by atoms with Crippen LogP contribution in [0.25, 0.3) is 0 Å². The number of hydrogen-bond donors (Lipinski definition) is 3. The van der Waals surface area contributed by atoms with Crippen molar-refractivity contribution in [3.05, 3.63) is 59.4 Å². The van der Waals surface area contributed by atoms with Crippen LogP contribution in [0.15, 0.2) is 42.4 Å². The molecule has 9 heteroatoms. The zero-order chi connectivity index (χ0) is 17.5. The molecule has 0 aliphatic heterocycles. The molecule has 1 aromatic carbocycles. The van der Waals surface area contributed by atoms with Gasteiger partial charge in [0.1, 0.15) is 12.4 Å². The first-order valence-electron chi connectivity index (χ1n) is 6.84. The smallest absolute Gasteiger partial charge is 0.317 e. The lowest BCUT2D eigenvalue weighted by molar-refractivity contribution is 0.146. The van der Waals surface area contributed by atoms with Gasteiger partial charge in [-0.3, -0.25) is 0 Å². The first kappa shape index (κ1) is 17.5. The van der Waals surface area contributed by atoms with E-state index >= 15 is 0 Å². The predicted octanol–water partition coefficient (Wildman–Crippen LogP) is 2.34. The number of nitrogens with zero attached hydrogens (tertiary/aromatic N) is 2. The zero-order valence-electron chi connectivity index (χ0n) is 12.4. The Morgan fingerprint density at radius 1 is 1.38 bits per heavy atom. The van der Waals surface area contributed by atoms with Crippen molar-refractivity contribution in [3.63, 3.8) is 0 Å². The van der Waals surface area contributed by atoms with Crippen molar-refractivity contribution in [1.29, 1.82) is 0 Å². The van der Waals surface area contributed by atoms with Gasteiger partial charge in [-0.1, -0.05) is 0 Å². The molecule has 2 rings (SSSR count). The van der Waals surface area contributed by atoms with Crippen LogP contribution in [0.4, 0.5) is 18.9 Å². The molecule has 4 N–H and O–H groups in total. The molecule has 0 atom stereocenters. The van der Waals surface area contributed by atoms with E-state index in [1.165, 1.54) is 24.5 Å². The van der Waals surface area contributed by atoms with Gasteiger partial charge in [0.25, 0.3) is 6.43 Å². The average molecular weight is 340 g/mol. The number of halogens is 3. The summed E-state index contributed by atoms with van der Waals surface area (Å²) in [6, 6.07) is 4.82. The first-order valence-corrected chi connectivity index (χ1v) is 6.84. The molecule has 0 aliphatic rings.